The standard InChI is InChI=1S/C16H21ClFN3/c1-4-8-19-16(13-10-20-21(3)11(13)2)9-12-14(17)6-5-7-15(12)18/h5-7,10,16,19H,4,8-9H2,1-3H3. The van der Waals surface area contributed by atoms with Crippen molar-refractivity contribution < 1.29 is 4.39 Å². The number of hydrogen-bond acceptors (Lipinski definition) is 2. The van der Waals surface area contributed by atoms with E-state index in [1.807, 2.05) is 24.9 Å². The number of hydrogen-bond donors (Lipinski definition) is 1. The predicted molar refractivity (Wildman–Crippen MR) is 84.1 cm³/mol. The molecule has 1 unspecified atom stereocenters. The lowest BCUT2D eigenvalue weighted by molar-refractivity contribution is 0.510. The molecule has 0 fully saturated rings. The maximum Gasteiger partial charge on any atom is 0.127 e. The number of nitrogens with one attached hydrogen (secondary N) is 1. The molecule has 0 aliphatic carbocycles. The summed E-state index contributed by atoms with van der Waals surface area (Å²) in [6, 6.07) is 4.82. The second-order valence-corrected chi connectivity index (χ2v) is 5.63. The molecule has 3 nitrogen and oxygen atoms in total. The van der Waals surface area contributed by atoms with Crippen LogP contribution in [-0.2, 0) is 13.5 Å². The first-order valence-corrected chi connectivity index (χ1v) is 7.57. The van der Waals surface area contributed by atoms with Crippen LogP contribution in [0.5, 0.6) is 0 Å². The quantitative estimate of drug-likeness (QED) is 0.879. The van der Waals surface area contributed by atoms with Crippen LogP contribution in [0, 0.1) is 12.7 Å². The van der Waals surface area contributed by atoms with E-state index < -0.39 is 0 Å². The lowest BCUT2D eigenvalue weighted by atomic mass is 9.98. The largest absolute Gasteiger partial charge is 0.310 e. The molecule has 0 saturated carbocycles. The summed E-state index contributed by atoms with van der Waals surface area (Å²) in [6.45, 7) is 4.99. The molecule has 0 aliphatic rings. The van der Waals surface area contributed by atoms with Gasteiger partial charge in [-0.1, -0.05) is 24.6 Å². The Hall–Kier alpha value is -1.39. The third kappa shape index (κ3) is 3.63. The predicted octanol–water partition coefficient (Wildman–Crippen LogP) is 3.80. The molecular weight excluding hydrogens is 289 g/mol. The van der Waals surface area contributed by atoms with Crippen molar-refractivity contribution in [3.63, 3.8) is 0 Å². The van der Waals surface area contributed by atoms with Crippen molar-refractivity contribution in [3.8, 4) is 0 Å². The van der Waals surface area contributed by atoms with Crippen molar-refractivity contribution in [2.75, 3.05) is 6.54 Å². The fraction of sp³-hybridized carbons (Fsp3) is 0.438. The molecule has 2 rings (SSSR count). The van der Waals surface area contributed by atoms with Gasteiger partial charge in [-0.2, -0.15) is 5.10 Å². The van der Waals surface area contributed by atoms with Gasteiger partial charge in [-0.15, -0.1) is 0 Å². The number of aromatic nitrogens is 2. The highest BCUT2D eigenvalue weighted by Crippen LogP contribution is 2.27. The number of benzene rings is 1. The zero-order valence-electron chi connectivity index (χ0n) is 12.7. The lowest BCUT2D eigenvalue weighted by Crippen LogP contribution is -2.25. The van der Waals surface area contributed by atoms with Crippen molar-refractivity contribution in [1.82, 2.24) is 15.1 Å². The van der Waals surface area contributed by atoms with Crippen molar-refractivity contribution in [3.05, 3.63) is 52.1 Å². The molecule has 0 saturated heterocycles. The van der Waals surface area contributed by atoms with Gasteiger partial charge >= 0.3 is 0 Å². The Morgan fingerprint density at radius 2 is 2.19 bits per heavy atom. The Labute approximate surface area is 130 Å². The molecule has 0 spiro atoms. The SMILES string of the molecule is CCCNC(Cc1c(F)cccc1Cl)c1cnn(C)c1C. The van der Waals surface area contributed by atoms with Crippen LogP contribution in [0.1, 0.15) is 36.2 Å². The Bertz CT molecular complexity index is 589. The highest BCUT2D eigenvalue weighted by molar-refractivity contribution is 6.31. The second kappa shape index (κ2) is 7.05. The number of aryl methyl sites for hydroxylation is 1. The number of halogens is 2. The van der Waals surface area contributed by atoms with Crippen LogP contribution in [0.4, 0.5) is 4.39 Å². The summed E-state index contributed by atoms with van der Waals surface area (Å²) in [5.41, 5.74) is 2.72. The van der Waals surface area contributed by atoms with Crippen LogP contribution >= 0.6 is 11.6 Å². The highest BCUT2D eigenvalue weighted by Gasteiger charge is 2.19. The van der Waals surface area contributed by atoms with E-state index >= 15 is 0 Å². The molecule has 114 valence electrons. The topological polar surface area (TPSA) is 29.9 Å². The Balaban J connectivity index is 2.31. The summed E-state index contributed by atoms with van der Waals surface area (Å²) in [5, 5.41) is 8.22. The molecule has 1 aromatic carbocycles. The van der Waals surface area contributed by atoms with Crippen LogP contribution in [-0.4, -0.2) is 16.3 Å². The molecule has 0 aliphatic heterocycles. The fourth-order valence-corrected chi connectivity index (χ4v) is 2.64. The normalized spacial score (nSPS) is 12.6. The van der Waals surface area contributed by atoms with Crippen molar-refractivity contribution in [2.45, 2.75) is 32.7 Å². The van der Waals surface area contributed by atoms with Gasteiger partial charge in [0.25, 0.3) is 0 Å². The summed E-state index contributed by atoms with van der Waals surface area (Å²) < 4.78 is 15.9. The van der Waals surface area contributed by atoms with Gasteiger partial charge in [0.2, 0.25) is 0 Å². The summed E-state index contributed by atoms with van der Waals surface area (Å²) in [4.78, 5) is 0. The van der Waals surface area contributed by atoms with E-state index in [-0.39, 0.29) is 11.9 Å². The first-order chi connectivity index (χ1) is 10.0. The van der Waals surface area contributed by atoms with Crippen LogP contribution < -0.4 is 5.32 Å². The van der Waals surface area contributed by atoms with Crippen LogP contribution in [0.15, 0.2) is 24.4 Å². The smallest absolute Gasteiger partial charge is 0.127 e. The van der Waals surface area contributed by atoms with E-state index in [9.17, 15) is 4.39 Å². The Kier molecular flexibility index (Phi) is 5.37. The average Bonchev–Trinajstić information content (AvgIpc) is 2.78. The number of nitrogens with zero attached hydrogens (tertiary/aromatic N) is 2. The van der Waals surface area contributed by atoms with Crippen LogP contribution in [0.25, 0.3) is 0 Å². The fourth-order valence-electron chi connectivity index (χ4n) is 2.40. The van der Waals surface area contributed by atoms with E-state index in [1.54, 1.807) is 12.1 Å². The molecule has 1 atom stereocenters. The molecule has 0 amide bonds. The van der Waals surface area contributed by atoms with Gasteiger partial charge in [0.1, 0.15) is 5.82 Å². The number of rotatable bonds is 6. The first-order valence-electron chi connectivity index (χ1n) is 7.19. The van der Waals surface area contributed by atoms with Crippen LogP contribution in [0.2, 0.25) is 5.02 Å². The minimum Gasteiger partial charge on any atom is -0.310 e. The average molecular weight is 310 g/mol. The molecule has 2 aromatic rings. The maximum absolute atomic E-state index is 14.0. The van der Waals surface area contributed by atoms with Crippen molar-refractivity contribution in [1.29, 1.82) is 0 Å². The zero-order valence-corrected chi connectivity index (χ0v) is 13.4. The molecule has 5 heteroatoms. The van der Waals surface area contributed by atoms with E-state index in [2.05, 4.69) is 17.3 Å². The zero-order chi connectivity index (χ0) is 15.4. The van der Waals surface area contributed by atoms with Gasteiger partial charge in [-0.3, -0.25) is 4.68 Å². The van der Waals surface area contributed by atoms with Gasteiger partial charge in [0, 0.05) is 34.9 Å². The van der Waals surface area contributed by atoms with E-state index in [1.165, 1.54) is 6.07 Å². The minimum atomic E-state index is -0.257. The van der Waals surface area contributed by atoms with Gasteiger partial charge in [0.05, 0.1) is 6.20 Å². The Morgan fingerprint density at radius 1 is 1.43 bits per heavy atom. The Morgan fingerprint density at radius 3 is 2.76 bits per heavy atom. The summed E-state index contributed by atoms with van der Waals surface area (Å²) in [5.74, 6) is -0.257. The third-order valence-corrected chi connectivity index (χ3v) is 4.11. The molecule has 0 bridgehead atoms. The first kappa shape index (κ1) is 16.0. The summed E-state index contributed by atoms with van der Waals surface area (Å²) in [7, 11) is 1.91. The highest BCUT2D eigenvalue weighted by atomic mass is 35.5. The van der Waals surface area contributed by atoms with Gasteiger partial charge < -0.3 is 5.32 Å². The van der Waals surface area contributed by atoms with E-state index in [0.717, 1.165) is 24.2 Å². The monoisotopic (exact) mass is 309 g/mol. The molecule has 1 N–H and O–H groups in total. The minimum absolute atomic E-state index is 0.00745. The van der Waals surface area contributed by atoms with Crippen molar-refractivity contribution in [2.24, 2.45) is 7.05 Å². The van der Waals surface area contributed by atoms with E-state index in [0.29, 0.717) is 17.0 Å². The van der Waals surface area contributed by atoms with E-state index in [4.69, 9.17) is 11.6 Å². The summed E-state index contributed by atoms with van der Waals surface area (Å²) in [6.07, 6.45) is 3.37. The maximum atomic E-state index is 14.0. The molecular formula is C16H21ClFN3. The van der Waals surface area contributed by atoms with Crippen molar-refractivity contribution >= 4 is 11.6 Å². The second-order valence-electron chi connectivity index (χ2n) is 5.22. The molecule has 0 radical (unpaired) electrons. The molecule has 21 heavy (non-hydrogen) atoms. The lowest BCUT2D eigenvalue weighted by Gasteiger charge is -2.19. The van der Waals surface area contributed by atoms with Gasteiger partial charge in [-0.25, -0.2) is 4.39 Å². The molecule has 1 aromatic heterocycles. The van der Waals surface area contributed by atoms with Gasteiger partial charge in [0.15, 0.2) is 0 Å². The summed E-state index contributed by atoms with van der Waals surface area (Å²) >= 11 is 6.15. The third-order valence-electron chi connectivity index (χ3n) is 3.76. The molecule has 1 heterocycles. The van der Waals surface area contributed by atoms with Crippen LogP contribution in [0.3, 0.4) is 0 Å². The van der Waals surface area contributed by atoms with Gasteiger partial charge in [-0.05, 0) is 38.4 Å².